The van der Waals surface area contributed by atoms with E-state index < -0.39 is 63.8 Å². The maximum atomic E-state index is 13.5. The molecular weight excluding hydrogens is 442 g/mol. The molecule has 1 fully saturated rings. The van der Waals surface area contributed by atoms with Gasteiger partial charge < -0.3 is 31.9 Å². The Kier molecular flexibility index (Phi) is 5.53. The van der Waals surface area contributed by atoms with Crippen LogP contribution in [0.3, 0.4) is 0 Å². The highest BCUT2D eigenvalue weighted by atomic mass is 35.5. The summed E-state index contributed by atoms with van der Waals surface area (Å²) in [5.74, 6) is -6.84. The fourth-order valence-electron chi connectivity index (χ4n) is 5.23. The Balaban J connectivity index is 0.00000289. The van der Waals surface area contributed by atoms with Crippen LogP contribution in [0.1, 0.15) is 17.5 Å². The Morgan fingerprint density at radius 2 is 1.81 bits per heavy atom. The number of phenolic OH excluding ortho intramolecular Hbond substituents is 1. The predicted molar refractivity (Wildman–Crippen MR) is 116 cm³/mol. The number of halogens is 1. The van der Waals surface area contributed by atoms with Crippen molar-refractivity contribution in [1.82, 2.24) is 4.90 Å². The molecule has 0 unspecified atom stereocenters. The molecule has 1 aromatic carbocycles. The lowest BCUT2D eigenvalue weighted by Gasteiger charge is -2.50. The van der Waals surface area contributed by atoms with E-state index in [-0.39, 0.29) is 42.1 Å². The van der Waals surface area contributed by atoms with Crippen molar-refractivity contribution in [1.29, 1.82) is 0 Å². The van der Waals surface area contributed by atoms with Crippen LogP contribution in [0.25, 0.3) is 5.76 Å². The Morgan fingerprint density at radius 3 is 2.38 bits per heavy atom. The number of hydrogen-bond acceptors (Lipinski definition) is 9. The number of nitrogens with zero attached hydrogens (tertiary/aromatic N) is 1. The lowest BCUT2D eigenvalue weighted by Crippen LogP contribution is -2.65. The number of Topliss-reactive ketones (excluding diaryl/α,β-unsaturated/α-hetero) is 2. The molecule has 0 aliphatic heterocycles. The number of aliphatic hydroxyl groups is 3. The molecule has 0 heterocycles. The molecule has 0 spiro atoms. The second-order valence-electron chi connectivity index (χ2n) is 8.50. The van der Waals surface area contributed by atoms with Crippen LogP contribution in [-0.2, 0) is 20.8 Å². The lowest BCUT2D eigenvalue weighted by atomic mass is 9.57. The van der Waals surface area contributed by atoms with Crippen LogP contribution >= 0.6 is 12.4 Å². The molecule has 4 atom stereocenters. The molecule has 4 rings (SSSR count). The zero-order chi connectivity index (χ0) is 23.0. The number of fused-ring (bicyclic) bond motifs is 3. The van der Waals surface area contributed by atoms with E-state index in [0.717, 1.165) is 0 Å². The van der Waals surface area contributed by atoms with Gasteiger partial charge in [-0.15, -0.1) is 12.4 Å². The minimum atomic E-state index is -2.64. The predicted octanol–water partition coefficient (Wildman–Crippen LogP) is -0.0320. The van der Waals surface area contributed by atoms with Gasteiger partial charge in [-0.25, -0.2) is 0 Å². The van der Waals surface area contributed by atoms with Crippen LogP contribution < -0.4 is 11.5 Å². The second-order valence-corrected chi connectivity index (χ2v) is 8.50. The van der Waals surface area contributed by atoms with Crippen molar-refractivity contribution in [2.45, 2.75) is 24.5 Å². The normalized spacial score (nSPS) is 29.3. The van der Waals surface area contributed by atoms with Crippen molar-refractivity contribution in [2.75, 3.05) is 19.8 Å². The van der Waals surface area contributed by atoms with Gasteiger partial charge in [0.1, 0.15) is 22.8 Å². The summed E-state index contributed by atoms with van der Waals surface area (Å²) in [5, 5.41) is 43.4. The molecule has 0 aromatic heterocycles. The first-order valence-corrected chi connectivity index (χ1v) is 9.68. The molecule has 172 valence electrons. The van der Waals surface area contributed by atoms with Crippen LogP contribution in [0.4, 0.5) is 5.69 Å². The van der Waals surface area contributed by atoms with Gasteiger partial charge in [0.15, 0.2) is 11.4 Å². The average molecular weight is 466 g/mol. The van der Waals surface area contributed by atoms with Gasteiger partial charge in [0, 0.05) is 11.5 Å². The molecule has 0 radical (unpaired) electrons. The van der Waals surface area contributed by atoms with Crippen LogP contribution in [-0.4, -0.2) is 68.5 Å². The van der Waals surface area contributed by atoms with E-state index in [9.17, 15) is 34.8 Å². The fraction of sp³-hybridized carbons (Fsp3) is 0.381. The first kappa shape index (κ1) is 23.6. The number of anilines is 1. The molecule has 0 bridgehead atoms. The summed E-state index contributed by atoms with van der Waals surface area (Å²) >= 11 is 0. The average Bonchev–Trinajstić information content (AvgIpc) is 2.67. The number of carbonyl (C=O) groups is 3. The van der Waals surface area contributed by atoms with Crippen molar-refractivity contribution >= 4 is 41.3 Å². The molecule has 1 aromatic rings. The molecule has 3 aliphatic carbocycles. The Labute approximate surface area is 189 Å². The maximum absolute atomic E-state index is 13.5. The third kappa shape index (κ3) is 2.83. The number of phenols is 1. The smallest absolute Gasteiger partial charge is 0.255 e. The third-order valence-electron chi connectivity index (χ3n) is 6.62. The van der Waals surface area contributed by atoms with Gasteiger partial charge in [0.2, 0.25) is 5.78 Å². The molecule has 10 nitrogen and oxygen atoms in total. The molecule has 1 amide bonds. The number of ketones is 2. The summed E-state index contributed by atoms with van der Waals surface area (Å²) < 4.78 is 0. The van der Waals surface area contributed by atoms with Crippen LogP contribution in [0.5, 0.6) is 5.75 Å². The molecule has 11 heteroatoms. The highest BCUT2D eigenvalue weighted by molar-refractivity contribution is 6.24. The number of hydrogen-bond donors (Lipinski definition) is 6. The number of nitrogens with two attached hydrogens (primary N) is 2. The Bertz CT molecular complexity index is 1130. The van der Waals surface area contributed by atoms with Gasteiger partial charge in [0.05, 0.1) is 17.3 Å². The number of primary amides is 1. The van der Waals surface area contributed by atoms with Crippen LogP contribution in [0.2, 0.25) is 0 Å². The number of benzene rings is 1. The molecule has 1 saturated carbocycles. The summed E-state index contributed by atoms with van der Waals surface area (Å²) in [6.45, 7) is 0. The van der Waals surface area contributed by atoms with Gasteiger partial charge in [-0.05, 0) is 44.5 Å². The third-order valence-corrected chi connectivity index (χ3v) is 6.62. The highest BCUT2D eigenvalue weighted by Gasteiger charge is 2.64. The van der Waals surface area contributed by atoms with Crippen LogP contribution in [0.15, 0.2) is 29.0 Å². The quantitative estimate of drug-likeness (QED) is 0.198. The number of aromatic hydroxyl groups is 1. The summed E-state index contributed by atoms with van der Waals surface area (Å²) in [7, 11) is 3.10. The summed E-state index contributed by atoms with van der Waals surface area (Å²) in [6.07, 6.45) is 0.291. The van der Waals surface area contributed by atoms with Crippen molar-refractivity contribution in [3.05, 3.63) is 40.2 Å². The number of rotatable bonds is 2. The van der Waals surface area contributed by atoms with Gasteiger partial charge in [-0.1, -0.05) is 6.07 Å². The molecule has 3 aliphatic rings. The van der Waals surface area contributed by atoms with E-state index in [2.05, 4.69) is 0 Å². The second kappa shape index (κ2) is 7.51. The zero-order valence-electron chi connectivity index (χ0n) is 17.3. The SMILES string of the molecule is CN(C)[C@@H]1C(=O)C(C(N)=O)=C(O)[C@@]2(O)C(=O)C3=C(O)c4c(ccc(N)c4O)C[C@H]3C[C@@H]12.Cl. The number of amides is 1. The standard InChI is InChI=1S/C21H23N3O7.ClH/c1-24(2)14-9-6-8-5-7-3-4-10(22)15(25)11(7)16(26)12(8)18(28)21(9,31)19(29)13(17(14)27)20(23)30;/h3-4,8-9,14,25-26,29,31H,5-6,22H2,1-2H3,(H2,23,30);1H/t8-,9-,14-,21-;/m0./s1. The monoisotopic (exact) mass is 465 g/mol. The Morgan fingerprint density at radius 1 is 1.19 bits per heavy atom. The summed E-state index contributed by atoms with van der Waals surface area (Å²) in [6, 6.07) is 2.01. The van der Waals surface area contributed by atoms with Gasteiger partial charge in [-0.2, -0.15) is 0 Å². The number of nitrogen functional groups attached to an aromatic ring is 1. The largest absolute Gasteiger partial charge is 0.508 e. The fourth-order valence-corrected chi connectivity index (χ4v) is 5.23. The summed E-state index contributed by atoms with van der Waals surface area (Å²) in [4.78, 5) is 39.8. The van der Waals surface area contributed by atoms with Gasteiger partial charge >= 0.3 is 0 Å². The van der Waals surface area contributed by atoms with Crippen molar-refractivity contribution in [3.8, 4) is 5.75 Å². The van der Waals surface area contributed by atoms with E-state index in [0.29, 0.717) is 5.56 Å². The van der Waals surface area contributed by atoms with Gasteiger partial charge in [0.25, 0.3) is 5.91 Å². The van der Waals surface area contributed by atoms with Crippen molar-refractivity contribution in [3.63, 3.8) is 0 Å². The van der Waals surface area contributed by atoms with Crippen LogP contribution in [0, 0.1) is 11.8 Å². The van der Waals surface area contributed by atoms with Gasteiger partial charge in [-0.3, -0.25) is 19.3 Å². The van der Waals surface area contributed by atoms with E-state index in [1.807, 2.05) is 0 Å². The first-order valence-electron chi connectivity index (χ1n) is 9.68. The minimum absolute atomic E-state index is 0. The maximum Gasteiger partial charge on any atom is 0.255 e. The summed E-state index contributed by atoms with van der Waals surface area (Å²) in [5.41, 5.74) is 7.85. The van der Waals surface area contributed by atoms with E-state index in [4.69, 9.17) is 11.5 Å². The Hall–Kier alpha value is -3.08. The first-order chi connectivity index (χ1) is 14.4. The molecule has 8 N–H and O–H groups in total. The molecule has 32 heavy (non-hydrogen) atoms. The van der Waals surface area contributed by atoms with Crippen molar-refractivity contribution in [2.24, 2.45) is 17.6 Å². The number of aliphatic hydroxyl groups excluding tert-OH is 2. The van der Waals surface area contributed by atoms with E-state index in [1.54, 1.807) is 20.2 Å². The number of likely N-dealkylation sites (N-methyl/N-ethyl adjacent to an activating group) is 1. The highest BCUT2D eigenvalue weighted by Crippen LogP contribution is 2.52. The van der Waals surface area contributed by atoms with Crippen molar-refractivity contribution < 1.29 is 34.8 Å². The molecule has 0 saturated heterocycles. The van der Waals surface area contributed by atoms with E-state index >= 15 is 0 Å². The molecular formula is C21H24ClN3O7. The minimum Gasteiger partial charge on any atom is -0.508 e. The number of carbonyl (C=O) groups excluding carboxylic acids is 3. The lowest BCUT2D eigenvalue weighted by molar-refractivity contribution is -0.153. The zero-order valence-corrected chi connectivity index (χ0v) is 18.1. The topological polar surface area (TPSA) is 187 Å². The van der Waals surface area contributed by atoms with E-state index in [1.165, 1.54) is 11.0 Å².